The molecule has 1 amide bonds. The van der Waals surface area contributed by atoms with Gasteiger partial charge >= 0.3 is 5.97 Å². The highest BCUT2D eigenvalue weighted by Gasteiger charge is 2.11. The van der Waals surface area contributed by atoms with Crippen molar-refractivity contribution >= 4 is 45.3 Å². The van der Waals surface area contributed by atoms with Gasteiger partial charge in [0.25, 0.3) is 0 Å². The summed E-state index contributed by atoms with van der Waals surface area (Å²) in [6, 6.07) is 14.2. The van der Waals surface area contributed by atoms with Gasteiger partial charge in [0, 0.05) is 15.7 Å². The Kier molecular flexibility index (Phi) is 6.25. The number of aromatic nitrogens is 3. The van der Waals surface area contributed by atoms with Crippen molar-refractivity contribution in [2.45, 2.75) is 5.16 Å². The van der Waals surface area contributed by atoms with Gasteiger partial charge in [0.05, 0.1) is 18.4 Å². The van der Waals surface area contributed by atoms with E-state index in [4.69, 9.17) is 0 Å². The number of methoxy groups -OCH3 is 1. The average Bonchev–Trinajstić information content (AvgIpc) is 3.15. The van der Waals surface area contributed by atoms with E-state index in [0.717, 1.165) is 10.0 Å². The van der Waals surface area contributed by atoms with Crippen LogP contribution in [0, 0.1) is 0 Å². The summed E-state index contributed by atoms with van der Waals surface area (Å²) in [7, 11) is 1.31. The Balaban J connectivity index is 1.57. The number of esters is 1. The molecule has 0 radical (unpaired) electrons. The van der Waals surface area contributed by atoms with Crippen molar-refractivity contribution in [2.24, 2.45) is 0 Å². The number of anilines is 1. The van der Waals surface area contributed by atoms with Crippen LogP contribution in [-0.4, -0.2) is 39.9 Å². The summed E-state index contributed by atoms with van der Waals surface area (Å²) < 4.78 is 5.65. The van der Waals surface area contributed by atoms with Crippen LogP contribution in [0.3, 0.4) is 0 Å². The van der Waals surface area contributed by atoms with Crippen molar-refractivity contribution < 1.29 is 14.3 Å². The zero-order chi connectivity index (χ0) is 19.2. The van der Waals surface area contributed by atoms with Crippen LogP contribution in [0.2, 0.25) is 0 Å². The summed E-state index contributed by atoms with van der Waals surface area (Å²) in [5, 5.41) is 10.2. The van der Waals surface area contributed by atoms with Crippen molar-refractivity contribution in [3.05, 3.63) is 58.6 Å². The maximum absolute atomic E-state index is 12.1. The quantitative estimate of drug-likeness (QED) is 0.441. The van der Waals surface area contributed by atoms with E-state index in [1.165, 1.54) is 18.9 Å². The third kappa shape index (κ3) is 5.18. The highest BCUT2D eigenvalue weighted by atomic mass is 79.9. The fraction of sp³-hybridized carbons (Fsp3) is 0.111. The van der Waals surface area contributed by atoms with Crippen LogP contribution in [0.4, 0.5) is 5.69 Å². The standard InChI is InChI=1S/C18H15BrN4O3S/c1-26-17(25)12-3-2-4-14(9-12)20-15(24)10-27-18-21-16(22-23-18)11-5-7-13(19)8-6-11/h2-9H,10H2,1H3,(H,20,24)(H,21,22,23). The number of ether oxygens (including phenoxy) is 1. The largest absolute Gasteiger partial charge is 0.465 e. The molecular weight excluding hydrogens is 432 g/mol. The van der Waals surface area contributed by atoms with E-state index < -0.39 is 5.97 Å². The molecule has 0 unspecified atom stereocenters. The Morgan fingerprint density at radius 1 is 1.22 bits per heavy atom. The van der Waals surface area contributed by atoms with E-state index in [0.29, 0.717) is 22.2 Å². The van der Waals surface area contributed by atoms with E-state index in [9.17, 15) is 9.59 Å². The smallest absolute Gasteiger partial charge is 0.337 e. The molecule has 27 heavy (non-hydrogen) atoms. The second kappa shape index (κ2) is 8.83. The molecule has 7 nitrogen and oxygen atoms in total. The fourth-order valence-electron chi connectivity index (χ4n) is 2.22. The third-order valence-electron chi connectivity index (χ3n) is 3.48. The molecule has 0 saturated heterocycles. The number of halogens is 1. The molecule has 0 aliphatic carbocycles. The minimum absolute atomic E-state index is 0.139. The molecule has 0 aliphatic rings. The van der Waals surface area contributed by atoms with Crippen LogP contribution < -0.4 is 5.32 Å². The Morgan fingerprint density at radius 3 is 2.74 bits per heavy atom. The van der Waals surface area contributed by atoms with Gasteiger partial charge in [0.2, 0.25) is 11.1 Å². The predicted molar refractivity (Wildman–Crippen MR) is 107 cm³/mol. The number of thioether (sulfide) groups is 1. The van der Waals surface area contributed by atoms with Gasteiger partial charge in [-0.05, 0) is 30.3 Å². The molecule has 0 saturated carbocycles. The first-order chi connectivity index (χ1) is 13.0. The lowest BCUT2D eigenvalue weighted by molar-refractivity contribution is -0.113. The number of rotatable bonds is 6. The number of amides is 1. The van der Waals surface area contributed by atoms with Gasteiger partial charge in [0.15, 0.2) is 5.82 Å². The Morgan fingerprint density at radius 2 is 2.00 bits per heavy atom. The molecule has 3 aromatic rings. The lowest BCUT2D eigenvalue weighted by Gasteiger charge is -2.06. The normalized spacial score (nSPS) is 10.4. The molecule has 0 aliphatic heterocycles. The van der Waals surface area contributed by atoms with Crippen molar-refractivity contribution in [3.8, 4) is 11.4 Å². The number of hydrogen-bond donors (Lipinski definition) is 2. The van der Waals surface area contributed by atoms with E-state index in [1.54, 1.807) is 24.3 Å². The molecule has 1 aromatic heterocycles. The molecule has 0 bridgehead atoms. The van der Waals surface area contributed by atoms with Crippen LogP contribution in [0.15, 0.2) is 58.2 Å². The fourth-order valence-corrected chi connectivity index (χ4v) is 3.08. The zero-order valence-electron chi connectivity index (χ0n) is 14.2. The summed E-state index contributed by atoms with van der Waals surface area (Å²) in [6.07, 6.45) is 0. The van der Waals surface area contributed by atoms with Gasteiger partial charge in [-0.25, -0.2) is 9.78 Å². The second-order valence-electron chi connectivity index (χ2n) is 5.38. The topological polar surface area (TPSA) is 97.0 Å². The number of carbonyl (C=O) groups is 2. The number of H-pyrrole nitrogens is 1. The summed E-state index contributed by atoms with van der Waals surface area (Å²) >= 11 is 4.60. The maximum Gasteiger partial charge on any atom is 0.337 e. The number of nitrogens with one attached hydrogen (secondary N) is 2. The molecule has 1 heterocycles. The van der Waals surface area contributed by atoms with E-state index in [-0.39, 0.29) is 11.7 Å². The van der Waals surface area contributed by atoms with E-state index >= 15 is 0 Å². The van der Waals surface area contributed by atoms with Crippen LogP contribution in [-0.2, 0) is 9.53 Å². The SMILES string of the molecule is COC(=O)c1cccc(NC(=O)CSc2n[nH]c(-c3ccc(Br)cc3)n2)c1. The summed E-state index contributed by atoms with van der Waals surface area (Å²) in [4.78, 5) is 28.0. The summed E-state index contributed by atoms with van der Waals surface area (Å²) in [5.74, 6) is 0.0925. The highest BCUT2D eigenvalue weighted by Crippen LogP contribution is 2.21. The van der Waals surface area contributed by atoms with Gasteiger partial charge in [-0.1, -0.05) is 45.9 Å². The number of carbonyl (C=O) groups excluding carboxylic acids is 2. The molecular formula is C18H15BrN4O3S. The molecule has 0 fully saturated rings. The molecule has 9 heteroatoms. The Labute approximate surface area is 168 Å². The van der Waals surface area contributed by atoms with Crippen LogP contribution in [0.5, 0.6) is 0 Å². The van der Waals surface area contributed by atoms with Crippen LogP contribution in [0.1, 0.15) is 10.4 Å². The van der Waals surface area contributed by atoms with Crippen LogP contribution in [0.25, 0.3) is 11.4 Å². The van der Waals surface area contributed by atoms with Gasteiger partial charge in [-0.3, -0.25) is 9.89 Å². The zero-order valence-corrected chi connectivity index (χ0v) is 16.6. The van der Waals surface area contributed by atoms with Crippen molar-refractivity contribution in [2.75, 3.05) is 18.2 Å². The molecule has 2 N–H and O–H groups in total. The maximum atomic E-state index is 12.1. The van der Waals surface area contributed by atoms with Gasteiger partial charge < -0.3 is 10.1 Å². The Hall–Kier alpha value is -2.65. The third-order valence-corrected chi connectivity index (χ3v) is 4.86. The highest BCUT2D eigenvalue weighted by molar-refractivity contribution is 9.10. The first-order valence-corrected chi connectivity index (χ1v) is 9.62. The number of nitrogens with zero attached hydrogens (tertiary/aromatic N) is 2. The molecule has 2 aromatic carbocycles. The lowest BCUT2D eigenvalue weighted by atomic mass is 10.2. The first-order valence-electron chi connectivity index (χ1n) is 7.84. The van der Waals surface area contributed by atoms with Gasteiger partial charge in [-0.15, -0.1) is 5.10 Å². The van der Waals surface area contributed by atoms with E-state index in [1.807, 2.05) is 24.3 Å². The molecule has 0 atom stereocenters. The molecule has 3 rings (SSSR count). The summed E-state index contributed by atoms with van der Waals surface area (Å²) in [6.45, 7) is 0. The van der Waals surface area contributed by atoms with Gasteiger partial charge in [0.1, 0.15) is 0 Å². The second-order valence-corrected chi connectivity index (χ2v) is 7.24. The van der Waals surface area contributed by atoms with Crippen molar-refractivity contribution in [1.29, 1.82) is 0 Å². The minimum atomic E-state index is -0.457. The first kappa shape index (κ1) is 19.1. The minimum Gasteiger partial charge on any atom is -0.465 e. The monoisotopic (exact) mass is 446 g/mol. The van der Waals surface area contributed by atoms with Crippen molar-refractivity contribution in [1.82, 2.24) is 15.2 Å². The Bertz CT molecular complexity index is 959. The number of hydrogen-bond acceptors (Lipinski definition) is 6. The number of benzene rings is 2. The van der Waals surface area contributed by atoms with Gasteiger partial charge in [-0.2, -0.15) is 0 Å². The summed E-state index contributed by atoms with van der Waals surface area (Å²) in [5.41, 5.74) is 1.80. The molecule has 0 spiro atoms. The van der Waals surface area contributed by atoms with E-state index in [2.05, 4.69) is 41.2 Å². The predicted octanol–water partition coefficient (Wildman–Crippen LogP) is 3.75. The molecule has 138 valence electrons. The van der Waals surface area contributed by atoms with Crippen LogP contribution >= 0.6 is 27.7 Å². The average molecular weight is 447 g/mol. The number of aromatic amines is 1. The lowest BCUT2D eigenvalue weighted by Crippen LogP contribution is -2.14. The van der Waals surface area contributed by atoms with Crippen molar-refractivity contribution in [3.63, 3.8) is 0 Å².